The third-order valence-electron chi connectivity index (χ3n) is 5.71. The summed E-state index contributed by atoms with van der Waals surface area (Å²) in [5, 5.41) is 2.96. The van der Waals surface area contributed by atoms with Gasteiger partial charge in [0.05, 0.1) is 0 Å². The minimum Gasteiger partial charge on any atom is -0.342 e. The molecule has 0 aromatic rings. The Morgan fingerprint density at radius 1 is 1.33 bits per heavy atom. The second-order valence-corrected chi connectivity index (χ2v) is 7.54. The molecule has 7 heteroatoms. The van der Waals surface area contributed by atoms with Crippen molar-refractivity contribution >= 4 is 17.7 Å². The van der Waals surface area contributed by atoms with Gasteiger partial charge in [0, 0.05) is 26.1 Å². The summed E-state index contributed by atoms with van der Waals surface area (Å²) < 4.78 is 0. The van der Waals surface area contributed by atoms with Crippen LogP contribution in [0.5, 0.6) is 0 Å². The van der Waals surface area contributed by atoms with E-state index in [1.54, 1.807) is 11.0 Å². The summed E-state index contributed by atoms with van der Waals surface area (Å²) in [4.78, 5) is 42.0. The number of unbranched alkanes of at least 4 members (excludes halogenated alkanes) is 1. The van der Waals surface area contributed by atoms with Crippen LogP contribution in [-0.2, 0) is 14.4 Å². The van der Waals surface area contributed by atoms with Crippen LogP contribution in [0.15, 0.2) is 12.7 Å². The van der Waals surface area contributed by atoms with E-state index in [1.807, 2.05) is 11.8 Å². The molecule has 27 heavy (non-hydrogen) atoms. The molecule has 0 bridgehead atoms. The van der Waals surface area contributed by atoms with Crippen molar-refractivity contribution in [3.8, 4) is 0 Å². The molecule has 2 fully saturated rings. The minimum absolute atomic E-state index is 0.0138. The predicted molar refractivity (Wildman–Crippen MR) is 105 cm³/mol. The molecule has 0 aliphatic carbocycles. The van der Waals surface area contributed by atoms with Crippen molar-refractivity contribution < 1.29 is 14.4 Å². The predicted octanol–water partition coefficient (Wildman–Crippen LogP) is 1.18. The third-order valence-corrected chi connectivity index (χ3v) is 5.71. The molecule has 1 atom stereocenters. The van der Waals surface area contributed by atoms with Crippen molar-refractivity contribution in [1.29, 1.82) is 0 Å². The molecule has 152 valence electrons. The van der Waals surface area contributed by atoms with Crippen LogP contribution in [0.2, 0.25) is 0 Å². The number of piperidine rings is 1. The topological polar surface area (TPSA) is 95.7 Å². The SMILES string of the molecule is C=CCCC(=O)N1CCC2(CC1)C(=O)N[C@@H](CCCCN)C(=O)N2CCC. The number of hydrogen-bond donors (Lipinski definition) is 2. The molecule has 7 nitrogen and oxygen atoms in total. The van der Waals surface area contributed by atoms with Gasteiger partial charge in [0.2, 0.25) is 17.7 Å². The number of carbonyl (C=O) groups excluding carboxylic acids is 3. The Morgan fingerprint density at radius 2 is 2.04 bits per heavy atom. The summed E-state index contributed by atoms with van der Waals surface area (Å²) in [6.07, 6.45) is 6.95. The van der Waals surface area contributed by atoms with Gasteiger partial charge in [0.15, 0.2) is 0 Å². The van der Waals surface area contributed by atoms with Gasteiger partial charge in [-0.3, -0.25) is 14.4 Å². The number of piperazine rings is 1. The molecule has 3 N–H and O–H groups in total. The quantitative estimate of drug-likeness (QED) is 0.465. The number of allylic oxidation sites excluding steroid dienone is 1. The van der Waals surface area contributed by atoms with Crippen molar-refractivity contribution in [2.24, 2.45) is 5.73 Å². The van der Waals surface area contributed by atoms with Crippen LogP contribution in [0.1, 0.15) is 58.3 Å². The zero-order chi connectivity index (χ0) is 19.9. The first-order valence-electron chi connectivity index (χ1n) is 10.2. The lowest BCUT2D eigenvalue weighted by Crippen LogP contribution is -2.73. The van der Waals surface area contributed by atoms with Gasteiger partial charge >= 0.3 is 0 Å². The molecular formula is C20H34N4O3. The first-order chi connectivity index (χ1) is 13.0. The maximum absolute atomic E-state index is 13.1. The van der Waals surface area contributed by atoms with Crippen LogP contribution in [0.4, 0.5) is 0 Å². The van der Waals surface area contributed by atoms with Gasteiger partial charge in [0.1, 0.15) is 11.6 Å². The van der Waals surface area contributed by atoms with E-state index in [9.17, 15) is 14.4 Å². The molecule has 0 saturated carbocycles. The Labute approximate surface area is 162 Å². The van der Waals surface area contributed by atoms with Gasteiger partial charge in [-0.05, 0) is 51.5 Å². The van der Waals surface area contributed by atoms with E-state index in [1.165, 1.54) is 0 Å². The summed E-state index contributed by atoms with van der Waals surface area (Å²) in [7, 11) is 0. The van der Waals surface area contributed by atoms with E-state index in [2.05, 4.69) is 11.9 Å². The Kier molecular flexibility index (Phi) is 7.83. The molecule has 0 radical (unpaired) electrons. The number of nitrogens with zero attached hydrogens (tertiary/aromatic N) is 2. The highest BCUT2D eigenvalue weighted by molar-refractivity contribution is 6.00. The van der Waals surface area contributed by atoms with Crippen LogP contribution in [-0.4, -0.2) is 65.3 Å². The fourth-order valence-corrected chi connectivity index (χ4v) is 4.12. The number of rotatable bonds is 9. The highest BCUT2D eigenvalue weighted by Crippen LogP contribution is 2.34. The Balaban J connectivity index is 2.08. The maximum Gasteiger partial charge on any atom is 0.246 e. The molecule has 2 rings (SSSR count). The first-order valence-corrected chi connectivity index (χ1v) is 10.2. The smallest absolute Gasteiger partial charge is 0.246 e. The van der Waals surface area contributed by atoms with E-state index < -0.39 is 11.6 Å². The van der Waals surface area contributed by atoms with Crippen molar-refractivity contribution in [1.82, 2.24) is 15.1 Å². The number of likely N-dealkylation sites (tertiary alicyclic amines) is 1. The monoisotopic (exact) mass is 378 g/mol. The zero-order valence-electron chi connectivity index (χ0n) is 16.5. The summed E-state index contributed by atoms with van der Waals surface area (Å²) in [5.41, 5.74) is 4.73. The molecule has 2 heterocycles. The third kappa shape index (κ3) is 4.69. The Morgan fingerprint density at radius 3 is 2.63 bits per heavy atom. The number of hydrogen-bond acceptors (Lipinski definition) is 4. The molecule has 1 spiro atoms. The molecular weight excluding hydrogens is 344 g/mol. The Hall–Kier alpha value is -1.89. The van der Waals surface area contributed by atoms with Crippen molar-refractivity contribution in [3.63, 3.8) is 0 Å². The number of amides is 3. The van der Waals surface area contributed by atoms with Crippen LogP contribution < -0.4 is 11.1 Å². The maximum atomic E-state index is 13.1. The average Bonchev–Trinajstić information content (AvgIpc) is 2.68. The highest BCUT2D eigenvalue weighted by Gasteiger charge is 2.53. The number of nitrogens with one attached hydrogen (secondary N) is 1. The van der Waals surface area contributed by atoms with Crippen molar-refractivity contribution in [2.75, 3.05) is 26.2 Å². The number of carbonyl (C=O) groups is 3. The van der Waals surface area contributed by atoms with Crippen LogP contribution in [0.25, 0.3) is 0 Å². The molecule has 0 aromatic heterocycles. The zero-order valence-corrected chi connectivity index (χ0v) is 16.5. The summed E-state index contributed by atoms with van der Waals surface area (Å²) >= 11 is 0. The molecule has 3 amide bonds. The molecule has 2 aliphatic heterocycles. The summed E-state index contributed by atoms with van der Waals surface area (Å²) in [6.45, 7) is 7.85. The van der Waals surface area contributed by atoms with Crippen molar-refractivity contribution in [3.05, 3.63) is 12.7 Å². The minimum atomic E-state index is -0.813. The van der Waals surface area contributed by atoms with Crippen LogP contribution >= 0.6 is 0 Å². The van der Waals surface area contributed by atoms with Crippen LogP contribution in [0.3, 0.4) is 0 Å². The van der Waals surface area contributed by atoms with E-state index in [0.717, 1.165) is 19.3 Å². The second-order valence-electron chi connectivity index (χ2n) is 7.54. The summed E-state index contributed by atoms with van der Waals surface area (Å²) in [5.74, 6) is 0.0420. The highest BCUT2D eigenvalue weighted by atomic mass is 16.2. The van der Waals surface area contributed by atoms with E-state index in [0.29, 0.717) is 58.3 Å². The lowest BCUT2D eigenvalue weighted by atomic mass is 9.81. The largest absolute Gasteiger partial charge is 0.342 e. The van der Waals surface area contributed by atoms with Gasteiger partial charge in [-0.15, -0.1) is 6.58 Å². The summed E-state index contributed by atoms with van der Waals surface area (Å²) in [6, 6.07) is -0.450. The van der Waals surface area contributed by atoms with Gasteiger partial charge in [-0.25, -0.2) is 0 Å². The second kappa shape index (κ2) is 9.88. The molecule has 2 saturated heterocycles. The first kappa shape index (κ1) is 21.4. The van der Waals surface area contributed by atoms with Crippen molar-refractivity contribution in [2.45, 2.75) is 69.9 Å². The standard InChI is InChI=1S/C20H34N4O3/c1-3-5-9-17(25)23-14-10-20(11-15-23)19(27)22-16(8-6-7-12-21)18(26)24(20)13-4-2/h3,16H,1,4-15,21H2,2H3,(H,22,27)/t16-/m0/s1. The lowest BCUT2D eigenvalue weighted by Gasteiger charge is -2.51. The van der Waals surface area contributed by atoms with Crippen LogP contribution in [0, 0.1) is 0 Å². The fraction of sp³-hybridized carbons (Fsp3) is 0.750. The van der Waals surface area contributed by atoms with Gasteiger partial charge in [-0.1, -0.05) is 13.0 Å². The van der Waals surface area contributed by atoms with Gasteiger partial charge < -0.3 is 20.9 Å². The molecule has 0 aromatic carbocycles. The van der Waals surface area contributed by atoms with E-state index in [4.69, 9.17) is 5.73 Å². The van der Waals surface area contributed by atoms with E-state index >= 15 is 0 Å². The number of nitrogens with two attached hydrogens (primary N) is 1. The molecule has 2 aliphatic rings. The van der Waals surface area contributed by atoms with Gasteiger partial charge in [-0.2, -0.15) is 0 Å². The van der Waals surface area contributed by atoms with E-state index in [-0.39, 0.29) is 17.7 Å². The lowest BCUT2D eigenvalue weighted by molar-refractivity contribution is -0.162. The fourth-order valence-electron chi connectivity index (χ4n) is 4.12. The molecule has 0 unspecified atom stereocenters. The average molecular weight is 379 g/mol. The van der Waals surface area contributed by atoms with Gasteiger partial charge in [0.25, 0.3) is 0 Å². The Bertz CT molecular complexity index is 555. The normalized spacial score (nSPS) is 22.1.